The summed E-state index contributed by atoms with van der Waals surface area (Å²) in [6.45, 7) is -0.0164. The minimum absolute atomic E-state index is 0.0164. The van der Waals surface area contributed by atoms with Crippen molar-refractivity contribution in [2.45, 2.75) is 43.7 Å². The molecule has 0 saturated heterocycles. The van der Waals surface area contributed by atoms with Crippen LogP contribution in [0.3, 0.4) is 0 Å². The zero-order valence-electron chi connectivity index (χ0n) is 11.0. The molecular weight excluding hydrogens is 248 g/mol. The van der Waals surface area contributed by atoms with Crippen molar-refractivity contribution in [2.24, 2.45) is 0 Å². The number of likely N-dealkylation sites (N-methyl/N-ethyl adjacent to an activating group) is 1. The molecule has 0 unspecified atom stereocenters. The van der Waals surface area contributed by atoms with Crippen LogP contribution in [0.1, 0.15) is 49.2 Å². The minimum atomic E-state index is -0.388. The second-order valence-corrected chi connectivity index (χ2v) is 5.04. The third-order valence-electron chi connectivity index (χ3n) is 3.91. The Morgan fingerprint density at radius 2 is 2.26 bits per heavy atom. The molecule has 1 aliphatic rings. The Labute approximate surface area is 111 Å². The first kappa shape index (κ1) is 14.0. The summed E-state index contributed by atoms with van der Waals surface area (Å²) in [6, 6.07) is -0.579. The van der Waals surface area contributed by atoms with E-state index in [1.807, 2.05) is 0 Å². The quantitative estimate of drug-likeness (QED) is 0.545. The number of imidazole rings is 1. The highest BCUT2D eigenvalue weighted by Crippen LogP contribution is 2.33. The van der Waals surface area contributed by atoms with Gasteiger partial charge in [-0.3, -0.25) is 10.1 Å². The summed E-state index contributed by atoms with van der Waals surface area (Å²) in [4.78, 5) is 18.0. The molecule has 2 rings (SSSR count). The van der Waals surface area contributed by atoms with Gasteiger partial charge in [0.2, 0.25) is 6.04 Å². The van der Waals surface area contributed by atoms with Crippen LogP contribution < -0.4 is 5.32 Å². The molecule has 106 valence electrons. The van der Waals surface area contributed by atoms with Crippen molar-refractivity contribution in [3.63, 3.8) is 0 Å². The Morgan fingerprint density at radius 3 is 2.79 bits per heavy atom. The van der Waals surface area contributed by atoms with Gasteiger partial charge < -0.3 is 15.4 Å². The largest absolute Gasteiger partial charge is 0.394 e. The fourth-order valence-corrected chi connectivity index (χ4v) is 2.65. The van der Waals surface area contributed by atoms with Gasteiger partial charge in [-0.05, 0) is 19.9 Å². The highest BCUT2D eigenvalue weighted by Gasteiger charge is 2.30. The maximum absolute atomic E-state index is 10.7. The number of aliphatic hydroxyl groups excluding tert-OH is 1. The van der Waals surface area contributed by atoms with Crippen molar-refractivity contribution in [2.75, 3.05) is 13.7 Å². The molecule has 0 amide bonds. The smallest absolute Gasteiger partial charge is 0.213 e. The number of nitrogens with zero attached hydrogens (tertiary/aromatic N) is 2. The van der Waals surface area contributed by atoms with Crippen molar-refractivity contribution >= 4 is 0 Å². The first-order valence-electron chi connectivity index (χ1n) is 6.62. The lowest BCUT2D eigenvalue weighted by Crippen LogP contribution is -2.25. The molecule has 0 aliphatic heterocycles. The molecule has 0 aromatic carbocycles. The van der Waals surface area contributed by atoms with Gasteiger partial charge in [0.1, 0.15) is 5.82 Å². The zero-order chi connectivity index (χ0) is 13.8. The second kappa shape index (κ2) is 6.12. The summed E-state index contributed by atoms with van der Waals surface area (Å²) < 4.78 is 0. The first-order valence-corrected chi connectivity index (χ1v) is 6.62. The van der Waals surface area contributed by atoms with Crippen LogP contribution in [-0.2, 0) is 0 Å². The predicted octanol–water partition coefficient (Wildman–Crippen LogP) is 0.965. The molecule has 7 nitrogen and oxygen atoms in total. The molecule has 1 aromatic heterocycles. The molecule has 1 saturated carbocycles. The number of hydrogen-bond donors (Lipinski definition) is 3. The molecular formula is C12H20N4O3. The summed E-state index contributed by atoms with van der Waals surface area (Å²) in [5, 5.41) is 22.9. The number of nitrogens with one attached hydrogen (secondary N) is 2. The van der Waals surface area contributed by atoms with E-state index < -0.39 is 0 Å². The molecule has 0 bridgehead atoms. The summed E-state index contributed by atoms with van der Waals surface area (Å²) in [7, 11) is 1.77. The van der Waals surface area contributed by atoms with E-state index >= 15 is 0 Å². The minimum Gasteiger partial charge on any atom is -0.394 e. The van der Waals surface area contributed by atoms with E-state index in [1.165, 1.54) is 0 Å². The van der Waals surface area contributed by atoms with Crippen molar-refractivity contribution in [3.05, 3.63) is 27.8 Å². The average molecular weight is 268 g/mol. The Bertz CT molecular complexity index is 422. The molecule has 1 heterocycles. The third-order valence-corrected chi connectivity index (χ3v) is 3.91. The summed E-state index contributed by atoms with van der Waals surface area (Å²) >= 11 is 0. The Morgan fingerprint density at radius 1 is 1.58 bits per heavy atom. The Kier molecular flexibility index (Phi) is 4.49. The summed E-state index contributed by atoms with van der Waals surface area (Å²) in [5.74, 6) is 1.03. The maximum atomic E-state index is 10.7. The summed E-state index contributed by atoms with van der Waals surface area (Å²) in [5.41, 5.74) is 1.02. The van der Waals surface area contributed by atoms with Crippen LogP contribution in [0.2, 0.25) is 0 Å². The monoisotopic (exact) mass is 268 g/mol. The van der Waals surface area contributed by atoms with Crippen LogP contribution in [0.15, 0.2) is 6.20 Å². The Hall–Kier alpha value is -1.47. The van der Waals surface area contributed by atoms with Gasteiger partial charge in [0.15, 0.2) is 0 Å². The lowest BCUT2D eigenvalue weighted by molar-refractivity contribution is -0.526. The third kappa shape index (κ3) is 3.10. The molecule has 1 aliphatic carbocycles. The van der Waals surface area contributed by atoms with E-state index in [-0.39, 0.29) is 23.6 Å². The summed E-state index contributed by atoms with van der Waals surface area (Å²) in [6.07, 6.45) is 4.67. The molecule has 1 aromatic rings. The molecule has 1 atom stereocenters. The lowest BCUT2D eigenvalue weighted by Gasteiger charge is -2.22. The van der Waals surface area contributed by atoms with Crippen LogP contribution in [0.5, 0.6) is 0 Å². The van der Waals surface area contributed by atoms with Gasteiger partial charge in [-0.15, -0.1) is 0 Å². The maximum Gasteiger partial charge on any atom is 0.213 e. The Balaban J connectivity index is 1.98. The highest BCUT2D eigenvalue weighted by atomic mass is 16.6. The molecule has 3 N–H and O–H groups in total. The van der Waals surface area contributed by atoms with Crippen LogP contribution in [0, 0.1) is 10.1 Å². The number of rotatable bonds is 5. The number of nitro groups is 1. The zero-order valence-corrected chi connectivity index (χ0v) is 11.0. The average Bonchev–Trinajstić information content (AvgIpc) is 2.90. The van der Waals surface area contributed by atoms with E-state index in [2.05, 4.69) is 15.3 Å². The van der Waals surface area contributed by atoms with E-state index in [0.717, 1.165) is 24.4 Å². The van der Waals surface area contributed by atoms with Crippen molar-refractivity contribution < 1.29 is 10.0 Å². The second-order valence-electron chi connectivity index (χ2n) is 5.04. The van der Waals surface area contributed by atoms with Crippen molar-refractivity contribution in [3.8, 4) is 0 Å². The molecule has 0 spiro atoms. The lowest BCUT2D eigenvalue weighted by atomic mass is 9.84. The van der Waals surface area contributed by atoms with Crippen LogP contribution in [-0.4, -0.2) is 39.7 Å². The standard InChI is InChI=1S/C12H20N4O3/c1-13-11(7-17)12-14-6-10(15-12)8-2-4-9(5-3-8)16(18)19/h6,8-9,11,13,17H,2-5,7H2,1H3,(H,14,15)/t8?,9?,11-/m0/s1. The van der Waals surface area contributed by atoms with Crippen LogP contribution in [0.25, 0.3) is 0 Å². The first-order chi connectivity index (χ1) is 9.15. The molecule has 19 heavy (non-hydrogen) atoms. The number of aromatic amines is 1. The number of aromatic nitrogens is 2. The highest BCUT2D eigenvalue weighted by molar-refractivity contribution is 5.11. The normalized spacial score (nSPS) is 25.2. The number of aliphatic hydroxyl groups is 1. The van der Waals surface area contributed by atoms with Gasteiger partial charge in [0, 0.05) is 35.6 Å². The molecule has 1 fully saturated rings. The van der Waals surface area contributed by atoms with Gasteiger partial charge in [-0.1, -0.05) is 0 Å². The topological polar surface area (TPSA) is 104 Å². The van der Waals surface area contributed by atoms with Crippen molar-refractivity contribution in [1.82, 2.24) is 15.3 Å². The SMILES string of the molecule is CN[C@@H](CO)c1ncc(C2CCC([N+](=O)[O-])CC2)[nH]1. The van der Waals surface area contributed by atoms with E-state index in [0.29, 0.717) is 18.8 Å². The fraction of sp³-hybridized carbons (Fsp3) is 0.750. The fourth-order valence-electron chi connectivity index (χ4n) is 2.65. The van der Waals surface area contributed by atoms with Gasteiger partial charge in [-0.2, -0.15) is 0 Å². The molecule has 7 heteroatoms. The number of hydrogen-bond acceptors (Lipinski definition) is 5. The van der Waals surface area contributed by atoms with E-state index in [9.17, 15) is 15.2 Å². The predicted molar refractivity (Wildman–Crippen MR) is 69.5 cm³/mol. The van der Waals surface area contributed by atoms with Gasteiger partial charge >= 0.3 is 0 Å². The van der Waals surface area contributed by atoms with Crippen molar-refractivity contribution in [1.29, 1.82) is 0 Å². The number of H-pyrrole nitrogens is 1. The van der Waals surface area contributed by atoms with Crippen LogP contribution >= 0.6 is 0 Å². The van der Waals surface area contributed by atoms with E-state index in [4.69, 9.17) is 0 Å². The van der Waals surface area contributed by atoms with Gasteiger partial charge in [0.25, 0.3) is 0 Å². The van der Waals surface area contributed by atoms with Gasteiger partial charge in [-0.25, -0.2) is 4.98 Å². The van der Waals surface area contributed by atoms with Crippen LogP contribution in [0.4, 0.5) is 0 Å². The van der Waals surface area contributed by atoms with Gasteiger partial charge in [0.05, 0.1) is 12.6 Å². The molecule has 0 radical (unpaired) electrons. The van der Waals surface area contributed by atoms with E-state index in [1.54, 1.807) is 13.2 Å².